The lowest BCUT2D eigenvalue weighted by Crippen LogP contribution is -2.26. The summed E-state index contributed by atoms with van der Waals surface area (Å²) in [5.74, 6) is 0.166. The maximum Gasteiger partial charge on any atom is 0.274 e. The Kier molecular flexibility index (Phi) is 7.23. The number of aryl methyl sites for hydroxylation is 2. The van der Waals surface area contributed by atoms with Crippen molar-refractivity contribution in [3.05, 3.63) is 58.5 Å². The third-order valence-electron chi connectivity index (χ3n) is 8.01. The molecule has 2 heterocycles. The Labute approximate surface area is 225 Å². The van der Waals surface area contributed by atoms with Crippen LogP contribution in [0.1, 0.15) is 66.8 Å². The second-order valence-corrected chi connectivity index (χ2v) is 11.1. The number of nitrogens with one attached hydrogen (secondary N) is 1. The molecule has 2 aliphatic rings. The number of anilines is 1. The summed E-state index contributed by atoms with van der Waals surface area (Å²) in [7, 11) is 3.57. The van der Waals surface area contributed by atoms with Crippen LogP contribution in [0.3, 0.4) is 0 Å². The monoisotopic (exact) mass is 545 g/mol. The van der Waals surface area contributed by atoms with Gasteiger partial charge in [0.05, 0.1) is 28.8 Å². The van der Waals surface area contributed by atoms with E-state index in [2.05, 4.69) is 15.4 Å². The molecule has 5 rings (SSSR count). The average Bonchev–Trinajstić information content (AvgIpc) is 3.61. The van der Waals surface area contributed by atoms with Crippen LogP contribution in [0.15, 0.2) is 30.6 Å². The van der Waals surface area contributed by atoms with E-state index in [1.54, 1.807) is 35.7 Å². The smallest absolute Gasteiger partial charge is 0.274 e. The molecule has 3 N–H and O–H groups in total. The number of aliphatic hydroxyl groups is 2. The van der Waals surface area contributed by atoms with E-state index in [0.29, 0.717) is 42.2 Å². The summed E-state index contributed by atoms with van der Waals surface area (Å²) in [4.78, 5) is 17.7. The standard InChI is InChI=1S/C27H33ClFN5O4/c1-4-19(35)13-38-23-10-22(34(3)32-23)27(37)11-16-7-15(8-17(16)12-27)24-25(33(2)14-30-24)26(36)31-18-5-6-21(29)20(28)9-18/h5-6,9-10,14-17,19,35,37H,4,7-8,11-13H2,1-3H3,(H,31,36). The molecule has 2 aromatic heterocycles. The third-order valence-corrected chi connectivity index (χ3v) is 8.30. The molecule has 0 aliphatic heterocycles. The number of hydrogen-bond acceptors (Lipinski definition) is 6. The van der Waals surface area contributed by atoms with Crippen molar-refractivity contribution in [2.75, 3.05) is 11.9 Å². The van der Waals surface area contributed by atoms with Crippen molar-refractivity contribution in [3.63, 3.8) is 0 Å². The van der Waals surface area contributed by atoms with E-state index in [-0.39, 0.29) is 35.3 Å². The summed E-state index contributed by atoms with van der Waals surface area (Å²) in [6.07, 6.45) is 4.49. The molecule has 3 atom stereocenters. The van der Waals surface area contributed by atoms with Gasteiger partial charge in [0.25, 0.3) is 5.91 Å². The van der Waals surface area contributed by atoms with Crippen LogP contribution in [0, 0.1) is 17.7 Å². The van der Waals surface area contributed by atoms with Crippen molar-refractivity contribution in [1.29, 1.82) is 0 Å². The maximum atomic E-state index is 13.5. The number of halogens is 2. The highest BCUT2D eigenvalue weighted by Crippen LogP contribution is 2.57. The largest absolute Gasteiger partial charge is 0.474 e. The molecule has 0 bridgehead atoms. The fourth-order valence-electron chi connectivity index (χ4n) is 6.13. The zero-order valence-electron chi connectivity index (χ0n) is 21.7. The van der Waals surface area contributed by atoms with E-state index >= 15 is 0 Å². The number of rotatable bonds is 8. The van der Waals surface area contributed by atoms with E-state index in [1.807, 2.05) is 6.92 Å². The van der Waals surface area contributed by atoms with E-state index in [1.165, 1.54) is 18.2 Å². The molecular weight excluding hydrogens is 513 g/mol. The van der Waals surface area contributed by atoms with E-state index < -0.39 is 17.5 Å². The summed E-state index contributed by atoms with van der Waals surface area (Å²) in [5.41, 5.74) is 1.31. The van der Waals surface area contributed by atoms with Crippen LogP contribution >= 0.6 is 11.6 Å². The number of fused-ring (bicyclic) bond motifs is 1. The number of benzene rings is 1. The molecule has 2 aliphatic carbocycles. The molecule has 0 radical (unpaired) electrons. The number of carbonyl (C=O) groups is 1. The van der Waals surface area contributed by atoms with Gasteiger partial charge in [-0.1, -0.05) is 18.5 Å². The van der Waals surface area contributed by atoms with Crippen molar-refractivity contribution in [3.8, 4) is 5.88 Å². The van der Waals surface area contributed by atoms with Gasteiger partial charge in [-0.05, 0) is 62.1 Å². The Hall–Kier alpha value is -2.95. The molecule has 9 nitrogen and oxygen atoms in total. The van der Waals surface area contributed by atoms with E-state index in [9.17, 15) is 19.4 Å². The van der Waals surface area contributed by atoms with Crippen LogP contribution in [0.4, 0.5) is 10.1 Å². The molecule has 2 saturated carbocycles. The van der Waals surface area contributed by atoms with Gasteiger partial charge in [-0.3, -0.25) is 9.48 Å². The molecule has 0 saturated heterocycles. The molecule has 38 heavy (non-hydrogen) atoms. The summed E-state index contributed by atoms with van der Waals surface area (Å²) in [5, 5.41) is 28.5. The van der Waals surface area contributed by atoms with Crippen LogP contribution in [0.5, 0.6) is 5.88 Å². The molecule has 1 amide bonds. The lowest BCUT2D eigenvalue weighted by Gasteiger charge is -2.24. The van der Waals surface area contributed by atoms with Crippen molar-refractivity contribution in [1.82, 2.24) is 19.3 Å². The molecule has 1 aromatic carbocycles. The highest BCUT2D eigenvalue weighted by Gasteiger charge is 2.51. The topological polar surface area (TPSA) is 114 Å². The molecule has 204 valence electrons. The predicted octanol–water partition coefficient (Wildman–Crippen LogP) is 4.14. The van der Waals surface area contributed by atoms with Gasteiger partial charge < -0.3 is 24.8 Å². The number of carbonyl (C=O) groups excluding carboxylic acids is 1. The van der Waals surface area contributed by atoms with Crippen molar-refractivity contribution in [2.24, 2.45) is 25.9 Å². The predicted molar refractivity (Wildman–Crippen MR) is 140 cm³/mol. The second-order valence-electron chi connectivity index (χ2n) is 10.7. The first-order valence-corrected chi connectivity index (χ1v) is 13.3. The van der Waals surface area contributed by atoms with Crippen LogP contribution in [0.25, 0.3) is 0 Å². The zero-order chi connectivity index (χ0) is 27.2. The van der Waals surface area contributed by atoms with Crippen LogP contribution in [0.2, 0.25) is 5.02 Å². The van der Waals surface area contributed by atoms with Gasteiger partial charge in [0, 0.05) is 31.8 Å². The minimum atomic E-state index is -1.01. The number of ether oxygens (including phenoxy) is 1. The molecule has 3 unspecified atom stereocenters. The van der Waals surface area contributed by atoms with Gasteiger partial charge in [0.1, 0.15) is 23.7 Å². The first-order chi connectivity index (χ1) is 18.1. The molecule has 3 aromatic rings. The Morgan fingerprint density at radius 3 is 2.66 bits per heavy atom. The number of hydrogen-bond donors (Lipinski definition) is 3. The van der Waals surface area contributed by atoms with Gasteiger partial charge in [-0.25, -0.2) is 9.37 Å². The number of aromatic nitrogens is 4. The Morgan fingerprint density at radius 2 is 2.00 bits per heavy atom. The number of imidazole rings is 1. The minimum absolute atomic E-state index is 0.0604. The number of amides is 1. The minimum Gasteiger partial charge on any atom is -0.474 e. The lowest BCUT2D eigenvalue weighted by molar-refractivity contribution is 0.0263. The fourth-order valence-corrected chi connectivity index (χ4v) is 6.31. The lowest BCUT2D eigenvalue weighted by atomic mass is 9.90. The first kappa shape index (κ1) is 26.6. The van der Waals surface area contributed by atoms with Crippen LogP contribution < -0.4 is 10.1 Å². The molecule has 0 spiro atoms. The molecule has 2 fully saturated rings. The average molecular weight is 546 g/mol. The Morgan fingerprint density at radius 1 is 1.29 bits per heavy atom. The van der Waals surface area contributed by atoms with Gasteiger partial charge >= 0.3 is 0 Å². The normalized spacial score (nSPS) is 25.4. The van der Waals surface area contributed by atoms with Crippen molar-refractivity contribution < 1.29 is 24.1 Å². The highest BCUT2D eigenvalue weighted by molar-refractivity contribution is 6.31. The summed E-state index contributed by atoms with van der Waals surface area (Å²) < 4.78 is 22.5. The number of aliphatic hydroxyl groups excluding tert-OH is 1. The quantitative estimate of drug-likeness (QED) is 0.392. The Bertz CT molecular complexity index is 1330. The number of nitrogens with zero attached hydrogens (tertiary/aromatic N) is 4. The first-order valence-electron chi connectivity index (χ1n) is 12.9. The zero-order valence-corrected chi connectivity index (χ0v) is 22.5. The van der Waals surface area contributed by atoms with Crippen LogP contribution in [-0.2, 0) is 19.7 Å². The maximum absolute atomic E-state index is 13.5. The van der Waals surface area contributed by atoms with Crippen LogP contribution in [-0.4, -0.2) is 48.2 Å². The van der Waals surface area contributed by atoms with E-state index in [0.717, 1.165) is 18.5 Å². The second kappa shape index (κ2) is 10.3. The van der Waals surface area contributed by atoms with E-state index in [4.69, 9.17) is 16.3 Å². The molecule has 11 heteroatoms. The van der Waals surface area contributed by atoms with Crippen molar-refractivity contribution in [2.45, 2.75) is 56.7 Å². The van der Waals surface area contributed by atoms with Gasteiger partial charge in [0.2, 0.25) is 5.88 Å². The summed E-state index contributed by atoms with van der Waals surface area (Å²) in [6, 6.07) is 5.83. The van der Waals surface area contributed by atoms with Crippen molar-refractivity contribution >= 4 is 23.2 Å². The SMILES string of the molecule is CCC(O)COc1cc(C2(O)CC3CC(c4ncn(C)c4C(=O)Nc4ccc(F)c(Cl)c4)CC3C2)n(C)n1. The summed E-state index contributed by atoms with van der Waals surface area (Å²) >= 11 is 5.87. The van der Waals surface area contributed by atoms with Gasteiger partial charge in [-0.15, -0.1) is 5.10 Å². The third kappa shape index (κ3) is 5.04. The molecular formula is C27H33ClFN5O4. The fraction of sp³-hybridized carbons (Fsp3) is 0.519. The van der Waals surface area contributed by atoms with Gasteiger partial charge in [-0.2, -0.15) is 0 Å². The Balaban J connectivity index is 1.27. The van der Waals surface area contributed by atoms with Gasteiger partial charge in [0.15, 0.2) is 0 Å². The highest BCUT2D eigenvalue weighted by atomic mass is 35.5. The summed E-state index contributed by atoms with van der Waals surface area (Å²) in [6.45, 7) is 2.04.